The molecule has 0 aliphatic carbocycles. The third kappa shape index (κ3) is 5.46. The highest BCUT2D eigenvalue weighted by Gasteiger charge is 2.11. The minimum Gasteiger partial charge on any atom is -0.370 e. The van der Waals surface area contributed by atoms with Crippen LogP contribution in [0.4, 0.5) is 0 Å². The van der Waals surface area contributed by atoms with Crippen LogP contribution in [0.3, 0.4) is 0 Å². The van der Waals surface area contributed by atoms with Crippen molar-refractivity contribution in [2.45, 2.75) is 13.1 Å². The van der Waals surface area contributed by atoms with Crippen molar-refractivity contribution in [3.8, 4) is 0 Å². The molecule has 0 aliphatic rings. The highest BCUT2D eigenvalue weighted by molar-refractivity contribution is 5.94. The molecular formula is C16H20ClN5. The first-order valence-corrected chi connectivity index (χ1v) is 6.67. The summed E-state index contributed by atoms with van der Waals surface area (Å²) in [6, 6.07) is 19.9. The smallest absolute Gasteiger partial charge is 0.198 e. The van der Waals surface area contributed by atoms with Crippen LogP contribution in [-0.4, -0.2) is 16.8 Å². The van der Waals surface area contributed by atoms with Crippen molar-refractivity contribution in [1.29, 1.82) is 10.8 Å². The maximum Gasteiger partial charge on any atom is 0.198 e. The highest BCUT2D eigenvalue weighted by atomic mass is 35.5. The molecule has 2 aromatic carbocycles. The molecule has 0 amide bonds. The second kappa shape index (κ2) is 8.69. The first-order chi connectivity index (χ1) is 10.1. The molecule has 22 heavy (non-hydrogen) atoms. The van der Waals surface area contributed by atoms with Crippen LogP contribution in [-0.2, 0) is 13.1 Å². The molecule has 0 aromatic heterocycles. The predicted octanol–water partition coefficient (Wildman–Crippen LogP) is 2.53. The summed E-state index contributed by atoms with van der Waals surface area (Å²) >= 11 is 0. The van der Waals surface area contributed by atoms with Crippen molar-refractivity contribution < 1.29 is 0 Å². The molecule has 0 fully saturated rings. The topological polar surface area (TPSA) is 89.0 Å². The van der Waals surface area contributed by atoms with Crippen molar-refractivity contribution in [1.82, 2.24) is 10.2 Å². The van der Waals surface area contributed by atoms with Gasteiger partial charge < -0.3 is 10.6 Å². The summed E-state index contributed by atoms with van der Waals surface area (Å²) in [5.41, 5.74) is 7.52. The molecule has 0 radical (unpaired) electrons. The van der Waals surface area contributed by atoms with E-state index in [-0.39, 0.29) is 24.3 Å². The normalized spacial score (nSPS) is 9.45. The fourth-order valence-corrected chi connectivity index (χ4v) is 2.03. The van der Waals surface area contributed by atoms with E-state index in [1.54, 1.807) is 0 Å². The number of nitrogens with one attached hydrogen (secondary N) is 3. The summed E-state index contributed by atoms with van der Waals surface area (Å²) in [5.74, 6) is -0.110. The Balaban J connectivity index is 0.00000242. The summed E-state index contributed by atoms with van der Waals surface area (Å²) < 4.78 is 0. The average Bonchev–Trinajstić information content (AvgIpc) is 2.48. The average molecular weight is 318 g/mol. The minimum atomic E-state index is -0.230. The van der Waals surface area contributed by atoms with Gasteiger partial charge in [0.15, 0.2) is 11.9 Å². The third-order valence-corrected chi connectivity index (χ3v) is 3.00. The molecule has 116 valence electrons. The van der Waals surface area contributed by atoms with Crippen LogP contribution in [0.25, 0.3) is 0 Å². The van der Waals surface area contributed by atoms with E-state index in [9.17, 15) is 0 Å². The number of guanidine groups is 2. The molecule has 0 bridgehead atoms. The third-order valence-electron chi connectivity index (χ3n) is 3.00. The number of nitrogens with zero attached hydrogens (tertiary/aromatic N) is 1. The van der Waals surface area contributed by atoms with E-state index in [4.69, 9.17) is 16.6 Å². The molecule has 2 aromatic rings. The Kier molecular flexibility index (Phi) is 6.92. The summed E-state index contributed by atoms with van der Waals surface area (Å²) in [4.78, 5) is 1.84. The van der Waals surface area contributed by atoms with Crippen LogP contribution in [0.15, 0.2) is 60.7 Å². The molecule has 0 heterocycles. The van der Waals surface area contributed by atoms with Crippen LogP contribution >= 0.6 is 12.4 Å². The van der Waals surface area contributed by atoms with E-state index in [0.717, 1.165) is 11.1 Å². The Morgan fingerprint density at radius 3 is 1.64 bits per heavy atom. The zero-order valence-electron chi connectivity index (χ0n) is 12.1. The van der Waals surface area contributed by atoms with Crippen LogP contribution in [0.1, 0.15) is 11.1 Å². The lowest BCUT2D eigenvalue weighted by molar-refractivity contribution is 0.394. The Morgan fingerprint density at radius 1 is 0.864 bits per heavy atom. The van der Waals surface area contributed by atoms with Crippen LogP contribution in [0, 0.1) is 10.8 Å². The Morgan fingerprint density at radius 2 is 1.27 bits per heavy atom. The molecule has 5 N–H and O–H groups in total. The zero-order valence-corrected chi connectivity index (χ0v) is 12.9. The van der Waals surface area contributed by atoms with Crippen LogP contribution < -0.4 is 11.1 Å². The summed E-state index contributed by atoms with van der Waals surface area (Å²) in [6.45, 7) is 1.16. The van der Waals surface area contributed by atoms with E-state index in [1.165, 1.54) is 0 Å². The van der Waals surface area contributed by atoms with Gasteiger partial charge in [-0.2, -0.15) is 0 Å². The summed E-state index contributed by atoms with van der Waals surface area (Å²) in [6.07, 6.45) is 0. The van der Waals surface area contributed by atoms with Crippen molar-refractivity contribution in [3.05, 3.63) is 71.8 Å². The molecule has 0 spiro atoms. The molecule has 0 saturated carbocycles. The fraction of sp³-hybridized carbons (Fsp3) is 0.125. The molecular weight excluding hydrogens is 298 g/mol. The van der Waals surface area contributed by atoms with E-state index in [0.29, 0.717) is 13.1 Å². The molecule has 0 aliphatic heterocycles. The molecule has 0 unspecified atom stereocenters. The number of nitrogens with two attached hydrogens (primary N) is 1. The maximum absolute atomic E-state index is 8.07. The van der Waals surface area contributed by atoms with Gasteiger partial charge in [-0.1, -0.05) is 60.7 Å². The van der Waals surface area contributed by atoms with Crippen molar-refractivity contribution in [2.24, 2.45) is 5.73 Å². The van der Waals surface area contributed by atoms with Gasteiger partial charge in [-0.15, -0.1) is 12.4 Å². The lowest BCUT2D eigenvalue weighted by Gasteiger charge is -2.25. The largest absolute Gasteiger partial charge is 0.370 e. The van der Waals surface area contributed by atoms with Crippen LogP contribution in [0.2, 0.25) is 0 Å². The van der Waals surface area contributed by atoms with E-state index in [2.05, 4.69) is 5.32 Å². The van der Waals surface area contributed by atoms with E-state index in [1.807, 2.05) is 65.6 Å². The predicted molar refractivity (Wildman–Crippen MR) is 92.2 cm³/mol. The Labute approximate surface area is 136 Å². The highest BCUT2D eigenvalue weighted by Crippen LogP contribution is 2.09. The van der Waals surface area contributed by atoms with Gasteiger partial charge in [0.1, 0.15) is 0 Å². The number of hydrogen-bond acceptors (Lipinski definition) is 2. The summed E-state index contributed by atoms with van der Waals surface area (Å²) in [7, 11) is 0. The number of rotatable bonds is 4. The first kappa shape index (κ1) is 17.5. The molecule has 6 heteroatoms. The van der Waals surface area contributed by atoms with Gasteiger partial charge in [0.05, 0.1) is 0 Å². The standard InChI is InChI=1S/C16H19N5.ClH/c17-15(18)20-16(19)21(11-13-7-3-1-4-8-13)12-14-9-5-2-6-10-14;/h1-10H,11-12H2,(H5,17,18,19,20);1H. The number of hydrogen-bond donors (Lipinski definition) is 4. The van der Waals surface area contributed by atoms with Gasteiger partial charge in [-0.25, -0.2) is 0 Å². The van der Waals surface area contributed by atoms with E-state index >= 15 is 0 Å². The van der Waals surface area contributed by atoms with Crippen molar-refractivity contribution in [3.63, 3.8) is 0 Å². The Hall–Kier alpha value is -2.53. The van der Waals surface area contributed by atoms with Gasteiger partial charge >= 0.3 is 0 Å². The quantitative estimate of drug-likeness (QED) is 0.516. The second-order valence-electron chi connectivity index (χ2n) is 4.71. The van der Waals surface area contributed by atoms with Gasteiger partial charge in [-0.3, -0.25) is 16.1 Å². The molecule has 0 atom stereocenters. The van der Waals surface area contributed by atoms with Gasteiger partial charge in [0.25, 0.3) is 0 Å². The monoisotopic (exact) mass is 317 g/mol. The molecule has 5 nitrogen and oxygen atoms in total. The molecule has 2 rings (SSSR count). The van der Waals surface area contributed by atoms with Gasteiger partial charge in [0.2, 0.25) is 0 Å². The lowest BCUT2D eigenvalue weighted by Crippen LogP contribution is -2.45. The van der Waals surface area contributed by atoms with Crippen LogP contribution in [0.5, 0.6) is 0 Å². The van der Waals surface area contributed by atoms with Gasteiger partial charge in [-0.05, 0) is 11.1 Å². The van der Waals surface area contributed by atoms with Crippen molar-refractivity contribution >= 4 is 24.3 Å². The fourth-order valence-electron chi connectivity index (χ4n) is 2.03. The number of benzene rings is 2. The molecule has 0 saturated heterocycles. The van der Waals surface area contributed by atoms with Gasteiger partial charge in [0, 0.05) is 13.1 Å². The zero-order chi connectivity index (χ0) is 15.1. The Bertz CT molecular complexity index is 559. The van der Waals surface area contributed by atoms with Crippen molar-refractivity contribution in [2.75, 3.05) is 0 Å². The number of halogens is 1. The first-order valence-electron chi connectivity index (χ1n) is 6.67. The maximum atomic E-state index is 8.07. The SMILES string of the molecule is Cl.N=C(N)NC(=N)N(Cc1ccccc1)Cc1ccccc1. The second-order valence-corrected chi connectivity index (χ2v) is 4.71. The van der Waals surface area contributed by atoms with E-state index < -0.39 is 0 Å². The summed E-state index contributed by atoms with van der Waals surface area (Å²) in [5, 5.41) is 17.9. The minimum absolute atomic E-state index is 0. The lowest BCUT2D eigenvalue weighted by atomic mass is 10.2.